The molecule has 6 aromatic rings. The third-order valence-corrected chi connectivity index (χ3v) is 20.2. The monoisotopic (exact) mass is 1240 g/mol. The number of methoxy groups -OCH3 is 2. The van der Waals surface area contributed by atoms with Gasteiger partial charge in [0, 0.05) is 53.8 Å². The standard InChI is InChI=1S/C30H42ClN7O4S.C28H40ClN7O4S/c1-19(2)43(39,40)29-26(18-37(4)36-29)33-28-24(31)17-32-30(35-28)34-25-15-20(3)23(16-27(25)42-22-7-6-8-22)21-9-11-38(12-10-21)13-14-41-5;1-7-40-25-15-21(20-8-10-36(11-9-20)12-13-39-6)19(4)14-23(25)32-28-30-16-22(29)26(33-28)31-24-17-35(5)34-27(24)41(37,38)18(2)3/h15-19,21-22H,6-14H2,1-5H3,(H2,32,33,34,35);14-18,20H,7-13H2,1-6H3,(H2,30,31,32,33). The number of benzene rings is 2. The van der Waals surface area contributed by atoms with Crippen molar-refractivity contribution < 1.29 is 35.8 Å². The lowest BCUT2D eigenvalue weighted by molar-refractivity contribution is 0.120. The lowest BCUT2D eigenvalue weighted by Crippen LogP contribution is -2.35. The lowest BCUT2D eigenvalue weighted by atomic mass is 9.86. The fraction of sp³-hybridized carbons (Fsp3) is 0.552. The zero-order valence-electron chi connectivity index (χ0n) is 50.1. The van der Waals surface area contributed by atoms with Gasteiger partial charge in [0.25, 0.3) is 0 Å². The Morgan fingerprint density at radius 3 is 1.40 bits per heavy atom. The van der Waals surface area contributed by atoms with Gasteiger partial charge in [0.1, 0.15) is 21.5 Å². The Hall–Kier alpha value is -5.86. The maximum atomic E-state index is 12.9. The fourth-order valence-electron chi connectivity index (χ4n) is 10.4. The van der Waals surface area contributed by atoms with Crippen molar-refractivity contribution in [3.63, 3.8) is 0 Å². The van der Waals surface area contributed by atoms with E-state index in [9.17, 15) is 16.8 Å². The number of likely N-dealkylation sites (tertiary alicyclic amines) is 2. The number of nitrogens with one attached hydrogen (secondary N) is 4. The van der Waals surface area contributed by atoms with Crippen LogP contribution >= 0.6 is 23.2 Å². The number of rotatable bonds is 24. The number of piperidine rings is 2. The van der Waals surface area contributed by atoms with Crippen LogP contribution in [0.2, 0.25) is 10.0 Å². The summed E-state index contributed by atoms with van der Waals surface area (Å²) in [6.07, 6.45) is 13.9. The third-order valence-electron chi connectivity index (χ3n) is 15.5. The summed E-state index contributed by atoms with van der Waals surface area (Å²) >= 11 is 12.9. The Kier molecular flexibility index (Phi) is 21.8. The van der Waals surface area contributed by atoms with Crippen LogP contribution in [-0.2, 0) is 43.2 Å². The fourth-order valence-corrected chi connectivity index (χ4v) is 12.9. The van der Waals surface area contributed by atoms with Gasteiger partial charge in [-0.05, 0) is 178 Å². The van der Waals surface area contributed by atoms with Gasteiger partial charge in [-0.1, -0.05) is 23.2 Å². The topological polar surface area (TPSA) is 247 Å². The molecule has 3 aliphatic rings. The van der Waals surface area contributed by atoms with Crippen LogP contribution in [-0.4, -0.2) is 156 Å². The molecule has 0 radical (unpaired) electrons. The first-order chi connectivity index (χ1) is 40.1. The molecule has 1 saturated carbocycles. The van der Waals surface area contributed by atoms with Crippen LogP contribution in [0.3, 0.4) is 0 Å². The molecule has 84 heavy (non-hydrogen) atoms. The van der Waals surface area contributed by atoms with Crippen LogP contribution in [0.5, 0.6) is 11.5 Å². The summed E-state index contributed by atoms with van der Waals surface area (Å²) in [6, 6.07) is 8.50. The predicted molar refractivity (Wildman–Crippen MR) is 331 cm³/mol. The van der Waals surface area contributed by atoms with E-state index in [1.165, 1.54) is 44.9 Å². The van der Waals surface area contributed by atoms with E-state index in [1.54, 1.807) is 68.4 Å². The second kappa shape index (κ2) is 28.6. The van der Waals surface area contributed by atoms with Crippen molar-refractivity contribution in [3.05, 3.63) is 81.4 Å². The number of sulfone groups is 2. The Morgan fingerprint density at radius 2 is 1.02 bits per heavy atom. The zero-order valence-corrected chi connectivity index (χ0v) is 53.3. The molecule has 4 aromatic heterocycles. The molecule has 9 rings (SSSR count). The van der Waals surface area contributed by atoms with Crippen molar-refractivity contribution in [3.8, 4) is 11.5 Å². The highest BCUT2D eigenvalue weighted by molar-refractivity contribution is 7.92. The summed E-state index contributed by atoms with van der Waals surface area (Å²) < 4.78 is 77.5. The second-order valence-electron chi connectivity index (χ2n) is 22.2. The van der Waals surface area contributed by atoms with Gasteiger partial charge in [-0.25, -0.2) is 26.8 Å². The molecule has 2 saturated heterocycles. The Bertz CT molecular complexity index is 3440. The largest absolute Gasteiger partial charge is 0.492 e. The van der Waals surface area contributed by atoms with Crippen LogP contribution in [0.4, 0.5) is 46.3 Å². The minimum Gasteiger partial charge on any atom is -0.492 e. The first kappa shape index (κ1) is 64.1. The lowest BCUT2D eigenvalue weighted by Gasteiger charge is -2.33. The summed E-state index contributed by atoms with van der Waals surface area (Å²) in [4.78, 5) is 22.8. The van der Waals surface area contributed by atoms with E-state index in [-0.39, 0.29) is 49.5 Å². The van der Waals surface area contributed by atoms with Crippen molar-refractivity contribution >= 4 is 89.2 Å². The van der Waals surface area contributed by atoms with Gasteiger partial charge < -0.3 is 50.0 Å². The van der Waals surface area contributed by atoms with Crippen LogP contribution in [0.1, 0.15) is 114 Å². The minimum atomic E-state index is -3.64. The highest BCUT2D eigenvalue weighted by atomic mass is 35.5. The number of hydrogen-bond donors (Lipinski definition) is 4. The molecule has 458 valence electrons. The van der Waals surface area contributed by atoms with E-state index in [0.29, 0.717) is 30.1 Å². The molecule has 3 fully saturated rings. The average Bonchev–Trinajstić information content (AvgIpc) is 4.18. The van der Waals surface area contributed by atoms with Crippen molar-refractivity contribution in [1.82, 2.24) is 49.3 Å². The molecule has 0 atom stereocenters. The molecule has 0 unspecified atom stereocenters. The summed E-state index contributed by atoms with van der Waals surface area (Å²) in [6.45, 7) is 20.8. The number of aromatic nitrogens is 8. The van der Waals surface area contributed by atoms with Gasteiger partial charge in [-0.2, -0.15) is 20.2 Å². The van der Waals surface area contributed by atoms with Gasteiger partial charge in [0.05, 0.1) is 71.6 Å². The van der Waals surface area contributed by atoms with Crippen molar-refractivity contribution in [2.75, 3.05) is 94.6 Å². The van der Waals surface area contributed by atoms with E-state index >= 15 is 0 Å². The van der Waals surface area contributed by atoms with E-state index in [0.717, 1.165) is 119 Å². The predicted octanol–water partition coefficient (Wildman–Crippen LogP) is 10.7. The summed E-state index contributed by atoms with van der Waals surface area (Å²) in [7, 11) is -0.464. The molecule has 0 bridgehead atoms. The average molecular weight is 1240 g/mol. The number of hydrogen-bond acceptors (Lipinski definition) is 20. The van der Waals surface area contributed by atoms with Crippen molar-refractivity contribution in [2.24, 2.45) is 14.1 Å². The van der Waals surface area contributed by atoms with E-state index in [2.05, 4.69) is 99.3 Å². The zero-order chi connectivity index (χ0) is 60.5. The Balaban J connectivity index is 0.000000219. The van der Waals surface area contributed by atoms with E-state index < -0.39 is 30.2 Å². The molecule has 1 aliphatic carbocycles. The van der Waals surface area contributed by atoms with Crippen LogP contribution < -0.4 is 30.7 Å². The van der Waals surface area contributed by atoms with Gasteiger partial charge >= 0.3 is 0 Å². The summed E-state index contributed by atoms with van der Waals surface area (Å²) in [5.41, 5.74) is 7.07. The maximum absolute atomic E-state index is 12.9. The summed E-state index contributed by atoms with van der Waals surface area (Å²) in [5, 5.41) is 20.2. The maximum Gasteiger partial charge on any atom is 0.229 e. The van der Waals surface area contributed by atoms with Gasteiger partial charge in [0.15, 0.2) is 11.6 Å². The Labute approximate surface area is 505 Å². The minimum absolute atomic E-state index is 0.0545. The van der Waals surface area contributed by atoms with Gasteiger partial charge in [-0.3, -0.25) is 9.36 Å². The smallest absolute Gasteiger partial charge is 0.229 e. The molecule has 0 spiro atoms. The first-order valence-corrected chi connectivity index (χ1v) is 32.6. The molecule has 2 aliphatic heterocycles. The van der Waals surface area contributed by atoms with E-state index in [1.807, 2.05) is 6.92 Å². The second-order valence-corrected chi connectivity index (χ2v) is 27.9. The Morgan fingerprint density at radius 1 is 0.607 bits per heavy atom. The van der Waals surface area contributed by atoms with Crippen LogP contribution in [0.25, 0.3) is 0 Å². The van der Waals surface area contributed by atoms with Crippen LogP contribution in [0, 0.1) is 13.8 Å². The first-order valence-electron chi connectivity index (χ1n) is 28.8. The molecule has 2 aromatic carbocycles. The normalized spacial score (nSPS) is 15.9. The highest BCUT2D eigenvalue weighted by Gasteiger charge is 2.31. The molecule has 4 N–H and O–H groups in total. The quantitative estimate of drug-likeness (QED) is 0.0440. The number of halogens is 2. The van der Waals surface area contributed by atoms with Crippen molar-refractivity contribution in [1.29, 1.82) is 0 Å². The number of anilines is 8. The molecule has 26 heteroatoms. The van der Waals surface area contributed by atoms with Crippen molar-refractivity contribution in [2.45, 2.75) is 132 Å². The number of nitrogens with zero attached hydrogens (tertiary/aromatic N) is 10. The van der Waals surface area contributed by atoms with E-state index in [4.69, 9.17) is 42.1 Å². The molecule has 0 amide bonds. The summed E-state index contributed by atoms with van der Waals surface area (Å²) in [5.74, 6) is 3.55. The molecule has 6 heterocycles. The third kappa shape index (κ3) is 15.8. The SMILES string of the molecule is CCOc1cc(C2CCN(CCOC)CC2)c(C)cc1Nc1ncc(Cl)c(Nc2cn(C)nc2S(=O)(=O)C(C)C)n1.COCCN1CCC(c2cc(OC3CCC3)c(Nc3ncc(Cl)c(Nc4cn(C)nc4S(=O)(=O)C(C)C)n3)cc2C)CC1. The molecular weight excluding hydrogens is 1160 g/mol. The number of ether oxygens (including phenoxy) is 4. The van der Waals surface area contributed by atoms with Crippen LogP contribution in [0.15, 0.2) is 59.1 Å². The molecular formula is C58H82Cl2N14O8S2. The van der Waals surface area contributed by atoms with Gasteiger partial charge in [-0.15, -0.1) is 0 Å². The van der Waals surface area contributed by atoms with Gasteiger partial charge in [0.2, 0.25) is 41.6 Å². The highest BCUT2D eigenvalue weighted by Crippen LogP contribution is 2.42. The molecule has 22 nitrogen and oxygen atoms in total. The number of aryl methyl sites for hydroxylation is 4.